The molecule has 0 saturated carbocycles. The van der Waals surface area contributed by atoms with Gasteiger partial charge in [0.25, 0.3) is 5.91 Å². The number of halogens is 1. The van der Waals surface area contributed by atoms with Crippen LogP contribution in [0.5, 0.6) is 5.75 Å². The third-order valence-electron chi connectivity index (χ3n) is 5.13. The van der Waals surface area contributed by atoms with Gasteiger partial charge >= 0.3 is 0 Å². The second kappa shape index (κ2) is 8.97. The highest BCUT2D eigenvalue weighted by molar-refractivity contribution is 6.30. The molecule has 2 aromatic rings. The monoisotopic (exact) mass is 400 g/mol. The minimum absolute atomic E-state index is 0.0473. The van der Waals surface area contributed by atoms with E-state index in [1.54, 1.807) is 0 Å². The van der Waals surface area contributed by atoms with Crippen molar-refractivity contribution in [3.8, 4) is 5.75 Å². The number of hydrogen-bond acceptors (Lipinski definition) is 3. The fraction of sp³-hybridized carbons (Fsp3) is 0.435. The van der Waals surface area contributed by atoms with E-state index in [4.69, 9.17) is 16.3 Å². The molecule has 0 radical (unpaired) electrons. The molecule has 1 amide bonds. The Balaban J connectivity index is 1.43. The smallest absolute Gasteiger partial charge is 0.260 e. The molecular weight excluding hydrogens is 372 g/mol. The molecule has 1 heterocycles. The molecule has 1 saturated heterocycles. The summed E-state index contributed by atoms with van der Waals surface area (Å²) in [6, 6.07) is 16.0. The molecule has 0 spiro atoms. The van der Waals surface area contributed by atoms with E-state index in [-0.39, 0.29) is 17.9 Å². The van der Waals surface area contributed by atoms with Crippen molar-refractivity contribution in [2.45, 2.75) is 32.7 Å². The summed E-state index contributed by atoms with van der Waals surface area (Å²) in [4.78, 5) is 16.7. The molecule has 150 valence electrons. The van der Waals surface area contributed by atoms with Gasteiger partial charge in [-0.3, -0.25) is 9.69 Å². The zero-order chi connectivity index (χ0) is 20.1. The van der Waals surface area contributed by atoms with E-state index in [0.29, 0.717) is 0 Å². The quantitative estimate of drug-likeness (QED) is 0.747. The molecule has 1 aliphatic rings. The predicted octanol–water partition coefficient (Wildman–Crippen LogP) is 4.36. The highest BCUT2D eigenvalue weighted by Crippen LogP contribution is 2.24. The van der Waals surface area contributed by atoms with Crippen LogP contribution in [0, 0.1) is 0 Å². The van der Waals surface area contributed by atoms with E-state index in [2.05, 4.69) is 49.9 Å². The summed E-state index contributed by atoms with van der Waals surface area (Å²) in [7, 11) is 0. The van der Waals surface area contributed by atoms with Crippen molar-refractivity contribution in [2.24, 2.45) is 0 Å². The largest absolute Gasteiger partial charge is 0.484 e. The molecule has 5 heteroatoms. The van der Waals surface area contributed by atoms with Crippen molar-refractivity contribution in [1.29, 1.82) is 0 Å². The summed E-state index contributed by atoms with van der Waals surface area (Å²) < 4.78 is 5.71. The summed E-state index contributed by atoms with van der Waals surface area (Å²) in [5, 5.41) is 0.757. The van der Waals surface area contributed by atoms with Gasteiger partial charge in [-0.25, -0.2) is 0 Å². The van der Waals surface area contributed by atoms with Crippen molar-refractivity contribution < 1.29 is 9.53 Å². The first-order valence-corrected chi connectivity index (χ1v) is 10.2. The Kier molecular flexibility index (Phi) is 6.63. The van der Waals surface area contributed by atoms with E-state index in [1.807, 2.05) is 29.2 Å². The number of hydrogen-bond donors (Lipinski definition) is 0. The number of benzene rings is 2. The van der Waals surface area contributed by atoms with Crippen LogP contribution in [0.4, 0.5) is 0 Å². The Morgan fingerprint density at radius 2 is 1.57 bits per heavy atom. The Labute approximate surface area is 173 Å². The minimum atomic E-state index is 0.0473. The molecule has 1 aliphatic heterocycles. The van der Waals surface area contributed by atoms with Crippen LogP contribution < -0.4 is 4.74 Å². The minimum Gasteiger partial charge on any atom is -0.484 e. The molecule has 0 N–H and O–H groups in total. The molecule has 3 rings (SSSR count). The van der Waals surface area contributed by atoms with Crippen LogP contribution in [-0.2, 0) is 16.8 Å². The fourth-order valence-electron chi connectivity index (χ4n) is 3.29. The number of rotatable bonds is 5. The molecule has 28 heavy (non-hydrogen) atoms. The van der Waals surface area contributed by atoms with Gasteiger partial charge in [0.2, 0.25) is 0 Å². The molecule has 2 aromatic carbocycles. The van der Waals surface area contributed by atoms with Crippen molar-refractivity contribution in [2.75, 3.05) is 32.8 Å². The van der Waals surface area contributed by atoms with Crippen LogP contribution in [0.15, 0.2) is 48.5 Å². The molecule has 0 aliphatic carbocycles. The second-order valence-corrected chi connectivity index (χ2v) is 8.78. The zero-order valence-corrected chi connectivity index (χ0v) is 17.7. The van der Waals surface area contributed by atoms with Gasteiger partial charge in [-0.2, -0.15) is 0 Å². The van der Waals surface area contributed by atoms with Crippen molar-refractivity contribution >= 4 is 17.5 Å². The lowest BCUT2D eigenvalue weighted by Crippen LogP contribution is -2.49. The average Bonchev–Trinajstić information content (AvgIpc) is 2.68. The van der Waals surface area contributed by atoms with Gasteiger partial charge in [0, 0.05) is 37.7 Å². The maximum absolute atomic E-state index is 12.5. The number of piperazine rings is 1. The molecule has 0 bridgehead atoms. The summed E-state index contributed by atoms with van der Waals surface area (Å²) in [6.45, 7) is 10.7. The number of nitrogens with zero attached hydrogens (tertiary/aromatic N) is 2. The molecule has 4 nitrogen and oxygen atoms in total. The molecule has 0 aromatic heterocycles. The zero-order valence-electron chi connectivity index (χ0n) is 17.0. The lowest BCUT2D eigenvalue weighted by molar-refractivity contribution is -0.135. The summed E-state index contributed by atoms with van der Waals surface area (Å²) in [5.41, 5.74) is 2.61. The highest BCUT2D eigenvalue weighted by Gasteiger charge is 2.21. The highest BCUT2D eigenvalue weighted by atomic mass is 35.5. The van der Waals surface area contributed by atoms with Crippen LogP contribution >= 0.6 is 11.6 Å². The van der Waals surface area contributed by atoms with Gasteiger partial charge in [0.1, 0.15) is 5.75 Å². The summed E-state index contributed by atoms with van der Waals surface area (Å²) >= 11 is 5.94. The SMILES string of the molecule is CC(C)(C)c1ccc(OCC(=O)N2CCN(Cc3ccc(Cl)cc3)CC2)cc1. The summed E-state index contributed by atoms with van der Waals surface area (Å²) in [5.74, 6) is 0.786. The normalized spacial score (nSPS) is 15.5. The first-order valence-electron chi connectivity index (χ1n) is 9.79. The van der Waals surface area contributed by atoms with Gasteiger partial charge in [0.15, 0.2) is 6.61 Å². The molecule has 0 atom stereocenters. The van der Waals surface area contributed by atoms with Crippen molar-refractivity contribution in [1.82, 2.24) is 9.80 Å². The van der Waals surface area contributed by atoms with E-state index in [1.165, 1.54) is 11.1 Å². The Morgan fingerprint density at radius 3 is 2.14 bits per heavy atom. The van der Waals surface area contributed by atoms with Crippen molar-refractivity contribution in [3.63, 3.8) is 0 Å². The van der Waals surface area contributed by atoms with E-state index < -0.39 is 0 Å². The van der Waals surface area contributed by atoms with E-state index in [0.717, 1.165) is 43.5 Å². The van der Waals surface area contributed by atoms with Gasteiger partial charge in [0.05, 0.1) is 0 Å². The van der Waals surface area contributed by atoms with Crippen LogP contribution in [-0.4, -0.2) is 48.5 Å². The number of carbonyl (C=O) groups excluding carboxylic acids is 1. The number of amides is 1. The third-order valence-corrected chi connectivity index (χ3v) is 5.38. The van der Waals surface area contributed by atoms with Crippen LogP contribution in [0.2, 0.25) is 5.02 Å². The van der Waals surface area contributed by atoms with Gasteiger partial charge in [-0.15, -0.1) is 0 Å². The average molecular weight is 401 g/mol. The van der Waals surface area contributed by atoms with Gasteiger partial charge < -0.3 is 9.64 Å². The van der Waals surface area contributed by atoms with E-state index >= 15 is 0 Å². The number of carbonyl (C=O) groups is 1. The standard InChI is InChI=1S/C23H29ClN2O2/c1-23(2,3)19-6-10-21(11-7-19)28-17-22(27)26-14-12-25(13-15-26)16-18-4-8-20(24)9-5-18/h4-11H,12-17H2,1-3H3. The molecular formula is C23H29ClN2O2. The predicted molar refractivity (Wildman–Crippen MR) is 114 cm³/mol. The topological polar surface area (TPSA) is 32.8 Å². The summed E-state index contributed by atoms with van der Waals surface area (Å²) in [6.07, 6.45) is 0. The fourth-order valence-corrected chi connectivity index (χ4v) is 3.42. The Bertz CT molecular complexity index is 774. The Hall–Kier alpha value is -2.04. The van der Waals surface area contributed by atoms with Gasteiger partial charge in [-0.1, -0.05) is 56.6 Å². The van der Waals surface area contributed by atoms with Gasteiger partial charge in [-0.05, 0) is 40.8 Å². The van der Waals surface area contributed by atoms with Crippen LogP contribution in [0.3, 0.4) is 0 Å². The molecule has 1 fully saturated rings. The lowest BCUT2D eigenvalue weighted by atomic mass is 9.87. The first kappa shape index (κ1) is 20.7. The maximum Gasteiger partial charge on any atom is 0.260 e. The van der Waals surface area contributed by atoms with Crippen molar-refractivity contribution in [3.05, 3.63) is 64.7 Å². The van der Waals surface area contributed by atoms with Crippen LogP contribution in [0.1, 0.15) is 31.9 Å². The molecule has 0 unspecified atom stereocenters. The van der Waals surface area contributed by atoms with E-state index in [9.17, 15) is 4.79 Å². The number of ether oxygens (including phenoxy) is 1. The van der Waals surface area contributed by atoms with Crippen LogP contribution in [0.25, 0.3) is 0 Å². The Morgan fingerprint density at radius 1 is 0.964 bits per heavy atom. The maximum atomic E-state index is 12.5. The second-order valence-electron chi connectivity index (χ2n) is 8.35. The first-order chi connectivity index (χ1) is 13.3. The third kappa shape index (κ3) is 5.73. The lowest BCUT2D eigenvalue weighted by Gasteiger charge is -2.34.